The van der Waals surface area contributed by atoms with Crippen molar-refractivity contribution >= 4 is 27.6 Å². The number of benzene rings is 3. The third-order valence-corrected chi connectivity index (χ3v) is 7.57. The van der Waals surface area contributed by atoms with Crippen molar-refractivity contribution in [3.63, 3.8) is 0 Å². The third-order valence-electron chi connectivity index (χ3n) is 7.57. The summed E-state index contributed by atoms with van der Waals surface area (Å²) in [4.78, 5) is 20.8. The van der Waals surface area contributed by atoms with Crippen LogP contribution in [0.25, 0.3) is 44.3 Å². The molecule has 0 bridgehead atoms. The summed E-state index contributed by atoms with van der Waals surface area (Å²) in [6.07, 6.45) is 4.03. The highest BCUT2D eigenvalue weighted by atomic mass is 16.5. The molecule has 38 heavy (non-hydrogen) atoms. The van der Waals surface area contributed by atoms with Gasteiger partial charge in [-0.05, 0) is 79.5 Å². The van der Waals surface area contributed by atoms with Gasteiger partial charge < -0.3 is 9.64 Å². The molecule has 3 aromatic carbocycles. The predicted molar refractivity (Wildman–Crippen MR) is 145 cm³/mol. The second-order valence-electron chi connectivity index (χ2n) is 10.2. The highest BCUT2D eigenvalue weighted by molar-refractivity contribution is 5.98. The van der Waals surface area contributed by atoms with E-state index in [0.717, 1.165) is 82.7 Å². The normalized spacial score (nSPS) is 16.3. The molecule has 7 rings (SSSR count). The van der Waals surface area contributed by atoms with Crippen LogP contribution in [-0.2, 0) is 11.3 Å². The molecule has 4 heterocycles. The molecule has 0 unspecified atom stereocenters. The van der Waals surface area contributed by atoms with Crippen LogP contribution in [0, 0.1) is 0 Å². The van der Waals surface area contributed by atoms with Crippen molar-refractivity contribution in [2.75, 3.05) is 26.4 Å². The van der Waals surface area contributed by atoms with Gasteiger partial charge in [0.2, 0.25) is 5.91 Å². The van der Waals surface area contributed by atoms with Crippen molar-refractivity contribution in [2.45, 2.75) is 32.2 Å². The summed E-state index contributed by atoms with van der Waals surface area (Å²) < 4.78 is 5.89. The maximum Gasteiger partial charge on any atom is 0.225 e. The fourth-order valence-corrected chi connectivity index (χ4v) is 5.47. The Labute approximate surface area is 219 Å². The minimum absolute atomic E-state index is 0.162. The summed E-state index contributed by atoms with van der Waals surface area (Å²) in [5.74, 6) is 2.53. The molecular weight excluding hydrogens is 478 g/mol. The largest absolute Gasteiger partial charge is 0.473 e. The fraction of sp³-hybridized carbons (Fsp3) is 0.310. The lowest BCUT2D eigenvalue weighted by molar-refractivity contribution is -0.130. The lowest BCUT2D eigenvalue weighted by Gasteiger charge is -2.16. The van der Waals surface area contributed by atoms with Gasteiger partial charge in [-0.3, -0.25) is 19.9 Å². The number of carbonyl (C=O) groups is 1. The van der Waals surface area contributed by atoms with Crippen molar-refractivity contribution < 1.29 is 9.53 Å². The first-order valence-corrected chi connectivity index (χ1v) is 13.3. The molecule has 2 aliphatic heterocycles. The van der Waals surface area contributed by atoms with Gasteiger partial charge in [-0.25, -0.2) is 4.98 Å². The monoisotopic (exact) mass is 507 g/mol. The van der Waals surface area contributed by atoms with Crippen molar-refractivity contribution in [1.82, 2.24) is 35.2 Å². The summed E-state index contributed by atoms with van der Waals surface area (Å²) in [7, 11) is 0. The molecule has 0 aliphatic carbocycles. The molecule has 0 atom stereocenters. The maximum atomic E-state index is 11.8. The van der Waals surface area contributed by atoms with Crippen LogP contribution in [0.1, 0.15) is 31.5 Å². The fourth-order valence-electron chi connectivity index (χ4n) is 5.47. The molecular formula is C29H29N7O2. The van der Waals surface area contributed by atoms with Gasteiger partial charge in [0.15, 0.2) is 12.6 Å². The summed E-state index contributed by atoms with van der Waals surface area (Å²) >= 11 is 0. The molecule has 0 saturated carbocycles. The van der Waals surface area contributed by atoms with Gasteiger partial charge in [-0.1, -0.05) is 18.2 Å². The molecule has 9 heteroatoms. The first-order chi connectivity index (χ1) is 18.7. The van der Waals surface area contributed by atoms with E-state index in [1.54, 1.807) is 4.90 Å². The lowest BCUT2D eigenvalue weighted by atomic mass is 10.0. The van der Waals surface area contributed by atoms with Crippen LogP contribution >= 0.6 is 0 Å². The summed E-state index contributed by atoms with van der Waals surface area (Å²) in [6, 6.07) is 18.5. The third kappa shape index (κ3) is 4.39. The minimum atomic E-state index is 0.162. The van der Waals surface area contributed by atoms with Crippen LogP contribution in [0.2, 0.25) is 0 Å². The zero-order valence-electron chi connectivity index (χ0n) is 21.1. The molecule has 2 saturated heterocycles. The van der Waals surface area contributed by atoms with E-state index in [2.05, 4.69) is 55.6 Å². The first-order valence-electron chi connectivity index (χ1n) is 13.3. The van der Waals surface area contributed by atoms with Gasteiger partial charge in [0.05, 0.1) is 17.8 Å². The molecule has 2 aromatic heterocycles. The Morgan fingerprint density at radius 2 is 1.68 bits per heavy atom. The Balaban J connectivity index is 1.13. The smallest absolute Gasteiger partial charge is 0.225 e. The van der Waals surface area contributed by atoms with Crippen LogP contribution < -0.4 is 4.74 Å². The van der Waals surface area contributed by atoms with E-state index in [4.69, 9.17) is 9.72 Å². The number of aromatic amines is 2. The zero-order valence-corrected chi connectivity index (χ0v) is 21.1. The highest BCUT2D eigenvalue weighted by Gasteiger charge is 2.20. The molecule has 0 radical (unpaired) electrons. The highest BCUT2D eigenvalue weighted by Crippen LogP contribution is 2.32. The number of ether oxygens (including phenoxy) is 1. The number of carbonyl (C=O) groups excluding carboxylic acids is 1. The number of hydrogen-bond acceptors (Lipinski definition) is 6. The van der Waals surface area contributed by atoms with E-state index in [1.807, 2.05) is 24.3 Å². The molecule has 1 amide bonds. The standard InChI is InChI=1S/C29H29N7O2/c37-27-4-3-13-36(27)18-38-23-9-7-19-14-21(6-5-20(19)15-23)28-24-16-22(8-10-25(24)31-33-28)29-30-26(32-34-29)17-35-11-1-2-12-35/h5-10,14-16H,1-4,11-13,17-18H2,(H,31,33)(H,30,32,34). The van der Waals surface area contributed by atoms with E-state index < -0.39 is 0 Å². The predicted octanol–water partition coefficient (Wildman–Crippen LogP) is 4.72. The van der Waals surface area contributed by atoms with Crippen molar-refractivity contribution in [3.8, 4) is 28.4 Å². The van der Waals surface area contributed by atoms with Crippen molar-refractivity contribution in [2.24, 2.45) is 0 Å². The van der Waals surface area contributed by atoms with Gasteiger partial charge in [0.25, 0.3) is 0 Å². The second-order valence-corrected chi connectivity index (χ2v) is 10.2. The van der Waals surface area contributed by atoms with Crippen LogP contribution in [0.4, 0.5) is 0 Å². The Hall–Kier alpha value is -4.24. The molecule has 5 aromatic rings. The van der Waals surface area contributed by atoms with Gasteiger partial charge in [0.1, 0.15) is 11.6 Å². The van der Waals surface area contributed by atoms with Gasteiger partial charge in [0, 0.05) is 29.5 Å². The van der Waals surface area contributed by atoms with Crippen LogP contribution in [-0.4, -0.2) is 67.5 Å². The van der Waals surface area contributed by atoms with Gasteiger partial charge in [-0.15, -0.1) is 0 Å². The average Bonchev–Trinajstić information content (AvgIpc) is 3.75. The Morgan fingerprint density at radius 1 is 0.842 bits per heavy atom. The van der Waals surface area contributed by atoms with E-state index in [9.17, 15) is 4.79 Å². The van der Waals surface area contributed by atoms with Gasteiger partial charge >= 0.3 is 0 Å². The second kappa shape index (κ2) is 9.57. The molecule has 9 nitrogen and oxygen atoms in total. The first kappa shape index (κ1) is 22.9. The molecule has 2 fully saturated rings. The van der Waals surface area contributed by atoms with Gasteiger partial charge in [-0.2, -0.15) is 10.2 Å². The van der Waals surface area contributed by atoms with Crippen LogP contribution in [0.3, 0.4) is 0 Å². The molecule has 192 valence electrons. The topological polar surface area (TPSA) is 103 Å². The number of H-pyrrole nitrogens is 2. The number of fused-ring (bicyclic) bond motifs is 2. The number of hydrogen-bond donors (Lipinski definition) is 2. The Bertz CT molecular complexity index is 1630. The van der Waals surface area contributed by atoms with Crippen LogP contribution in [0.15, 0.2) is 54.6 Å². The Morgan fingerprint density at radius 3 is 2.55 bits per heavy atom. The summed E-state index contributed by atoms with van der Waals surface area (Å²) in [6.45, 7) is 4.13. The number of amides is 1. The van der Waals surface area contributed by atoms with E-state index in [0.29, 0.717) is 19.0 Å². The lowest BCUT2D eigenvalue weighted by Crippen LogP contribution is -2.28. The summed E-state index contributed by atoms with van der Waals surface area (Å²) in [5, 5.41) is 18.6. The van der Waals surface area contributed by atoms with Crippen LogP contribution in [0.5, 0.6) is 5.75 Å². The minimum Gasteiger partial charge on any atom is -0.473 e. The quantitative estimate of drug-likeness (QED) is 0.330. The van der Waals surface area contributed by atoms with E-state index >= 15 is 0 Å². The number of rotatable bonds is 7. The number of nitrogens with zero attached hydrogens (tertiary/aromatic N) is 5. The maximum absolute atomic E-state index is 11.8. The number of aromatic nitrogens is 5. The van der Waals surface area contributed by atoms with Crippen molar-refractivity contribution in [3.05, 3.63) is 60.4 Å². The average molecular weight is 508 g/mol. The Kier molecular flexibility index (Phi) is 5.77. The van der Waals surface area contributed by atoms with E-state index in [1.165, 1.54) is 12.8 Å². The molecule has 2 aliphatic rings. The summed E-state index contributed by atoms with van der Waals surface area (Å²) in [5.41, 5.74) is 3.85. The molecule has 0 spiro atoms. The zero-order chi connectivity index (χ0) is 25.5. The van der Waals surface area contributed by atoms with Crippen molar-refractivity contribution in [1.29, 1.82) is 0 Å². The molecule has 2 N–H and O–H groups in total. The number of nitrogens with one attached hydrogen (secondary N) is 2. The van der Waals surface area contributed by atoms with E-state index in [-0.39, 0.29) is 5.91 Å². The number of likely N-dealkylation sites (tertiary alicyclic amines) is 2. The SMILES string of the molecule is O=C1CCCN1COc1ccc2cc(-c3n[nH]c4ccc(-c5n[nH]c(CN6CCCC6)n5)cc34)ccc2c1.